The van der Waals surface area contributed by atoms with Crippen LogP contribution in [0.1, 0.15) is 43.2 Å². The average Bonchev–Trinajstić information content (AvgIpc) is 2.33. The number of nitrogens with zero attached hydrogens (tertiary/aromatic N) is 1. The van der Waals surface area contributed by atoms with Crippen molar-refractivity contribution in [3.63, 3.8) is 0 Å². The summed E-state index contributed by atoms with van der Waals surface area (Å²) in [7, 11) is 1.97. The predicted molar refractivity (Wildman–Crippen MR) is 57.2 cm³/mol. The molecule has 0 aliphatic rings. The van der Waals surface area contributed by atoms with Gasteiger partial charge in [-0.15, -0.1) is 11.3 Å². The molecule has 0 aliphatic heterocycles. The van der Waals surface area contributed by atoms with Gasteiger partial charge in [-0.2, -0.15) is 0 Å². The molecule has 0 aliphatic carbocycles. The van der Waals surface area contributed by atoms with Gasteiger partial charge in [0.05, 0.1) is 0 Å². The predicted octanol–water partition coefficient (Wildman–Crippen LogP) is 2.78. The van der Waals surface area contributed by atoms with Crippen molar-refractivity contribution in [1.82, 2.24) is 4.57 Å². The fourth-order valence-corrected chi connectivity index (χ4v) is 2.67. The van der Waals surface area contributed by atoms with E-state index in [-0.39, 0.29) is 0 Å². The van der Waals surface area contributed by atoms with Gasteiger partial charge >= 0.3 is 0 Å². The number of thiazole rings is 1. The zero-order valence-corrected chi connectivity index (χ0v) is 9.66. The molecule has 13 heavy (non-hydrogen) atoms. The van der Waals surface area contributed by atoms with Gasteiger partial charge in [0.2, 0.25) is 0 Å². The highest BCUT2D eigenvalue weighted by Gasteiger charge is 2.12. The Bertz CT molecular complexity index is 335. The Balaban J connectivity index is 3.01. The van der Waals surface area contributed by atoms with Crippen LogP contribution in [0.25, 0.3) is 0 Å². The van der Waals surface area contributed by atoms with Crippen LogP contribution in [0.2, 0.25) is 0 Å². The Kier molecular flexibility index (Phi) is 3.31. The smallest absolute Gasteiger partial charge is 0.182 e. The third-order valence-corrected chi connectivity index (χ3v) is 3.93. The van der Waals surface area contributed by atoms with Crippen LogP contribution in [0.15, 0.2) is 0 Å². The van der Waals surface area contributed by atoms with Crippen molar-refractivity contribution in [3.8, 4) is 0 Å². The summed E-state index contributed by atoms with van der Waals surface area (Å²) in [5.74, 6) is 0.611. The molecule has 1 aromatic rings. The maximum absolute atomic E-state index is 7.69. The first kappa shape index (κ1) is 10.5. The second-order valence-electron chi connectivity index (χ2n) is 3.61. The van der Waals surface area contributed by atoms with Gasteiger partial charge in [-0.1, -0.05) is 20.3 Å². The molecule has 1 rings (SSSR count). The Morgan fingerprint density at radius 3 is 2.54 bits per heavy atom. The quantitative estimate of drug-likeness (QED) is 0.774. The number of rotatable bonds is 3. The monoisotopic (exact) mass is 198 g/mol. The van der Waals surface area contributed by atoms with E-state index in [1.54, 1.807) is 11.3 Å². The molecule has 0 saturated carbocycles. The van der Waals surface area contributed by atoms with Gasteiger partial charge < -0.3 is 4.57 Å². The Morgan fingerprint density at radius 2 is 2.15 bits per heavy atom. The molecule has 74 valence electrons. The zero-order valence-electron chi connectivity index (χ0n) is 8.85. The van der Waals surface area contributed by atoms with Gasteiger partial charge in [0.15, 0.2) is 4.80 Å². The maximum Gasteiger partial charge on any atom is 0.182 e. The minimum atomic E-state index is 0.611. The summed E-state index contributed by atoms with van der Waals surface area (Å²) in [4.78, 5) is 2.05. The third-order valence-electron chi connectivity index (χ3n) is 2.54. The summed E-state index contributed by atoms with van der Waals surface area (Å²) >= 11 is 1.62. The first-order valence-electron chi connectivity index (χ1n) is 4.78. The largest absolute Gasteiger partial charge is 0.324 e. The van der Waals surface area contributed by atoms with E-state index < -0.39 is 0 Å². The highest BCUT2D eigenvalue weighted by molar-refractivity contribution is 7.09. The molecule has 0 spiro atoms. The third kappa shape index (κ3) is 2.02. The Morgan fingerprint density at radius 1 is 1.54 bits per heavy atom. The van der Waals surface area contributed by atoms with Crippen molar-refractivity contribution in [1.29, 1.82) is 5.41 Å². The Hall–Kier alpha value is -0.570. The van der Waals surface area contributed by atoms with Gasteiger partial charge in [-0.05, 0) is 19.3 Å². The summed E-state index contributed by atoms with van der Waals surface area (Å²) in [6.07, 6.45) is 2.44. The van der Waals surface area contributed by atoms with Gasteiger partial charge in [0, 0.05) is 17.6 Å². The summed E-state index contributed by atoms with van der Waals surface area (Å²) in [6.45, 7) is 6.57. The second-order valence-corrected chi connectivity index (χ2v) is 4.64. The van der Waals surface area contributed by atoms with Crippen LogP contribution in [0.3, 0.4) is 0 Å². The fourth-order valence-electron chi connectivity index (χ4n) is 1.59. The molecular formula is C10H18N2S. The topological polar surface area (TPSA) is 28.8 Å². The lowest BCUT2D eigenvalue weighted by Gasteiger charge is -2.08. The highest BCUT2D eigenvalue weighted by atomic mass is 32.1. The number of hydrogen-bond acceptors (Lipinski definition) is 2. The molecule has 0 aromatic carbocycles. The maximum atomic E-state index is 7.69. The molecule has 1 N–H and O–H groups in total. The molecule has 1 unspecified atom stereocenters. The summed E-state index contributed by atoms with van der Waals surface area (Å²) in [5.41, 5.74) is 1.26. The lowest BCUT2D eigenvalue weighted by Crippen LogP contribution is -2.08. The highest BCUT2D eigenvalue weighted by Crippen LogP contribution is 2.25. The molecule has 0 fully saturated rings. The molecule has 2 nitrogen and oxygen atoms in total. The standard InChI is InChI=1S/C10H18N2S/c1-5-6-7(2)9-8(3)12(4)10(11)13-9/h7,11H,5-6H2,1-4H3. The van der Waals surface area contributed by atoms with Gasteiger partial charge in [-0.25, -0.2) is 0 Å². The number of nitrogens with one attached hydrogen (secondary N) is 1. The van der Waals surface area contributed by atoms with Crippen molar-refractivity contribution in [2.45, 2.75) is 39.5 Å². The van der Waals surface area contributed by atoms with E-state index >= 15 is 0 Å². The SMILES string of the molecule is CCCC(C)c1sc(=N)n(C)c1C. The van der Waals surface area contributed by atoms with E-state index in [0.717, 1.165) is 0 Å². The average molecular weight is 198 g/mol. The Labute approximate surface area is 83.7 Å². The minimum Gasteiger partial charge on any atom is -0.324 e. The van der Waals surface area contributed by atoms with E-state index in [4.69, 9.17) is 5.41 Å². The van der Waals surface area contributed by atoms with Crippen molar-refractivity contribution in [3.05, 3.63) is 15.4 Å². The van der Waals surface area contributed by atoms with Crippen molar-refractivity contribution < 1.29 is 0 Å². The minimum absolute atomic E-state index is 0.611. The fraction of sp³-hybridized carbons (Fsp3) is 0.700. The van der Waals surface area contributed by atoms with E-state index in [2.05, 4.69) is 20.8 Å². The van der Waals surface area contributed by atoms with E-state index in [1.807, 2.05) is 11.6 Å². The van der Waals surface area contributed by atoms with Crippen LogP contribution in [-0.4, -0.2) is 4.57 Å². The summed E-state index contributed by atoms with van der Waals surface area (Å²) < 4.78 is 1.96. The van der Waals surface area contributed by atoms with Crippen LogP contribution in [0.5, 0.6) is 0 Å². The van der Waals surface area contributed by atoms with Crippen LogP contribution < -0.4 is 4.80 Å². The molecule has 0 bridgehead atoms. The molecule has 3 heteroatoms. The van der Waals surface area contributed by atoms with Crippen LogP contribution in [0.4, 0.5) is 0 Å². The van der Waals surface area contributed by atoms with Crippen LogP contribution in [0, 0.1) is 12.3 Å². The zero-order chi connectivity index (χ0) is 10.0. The summed E-state index contributed by atoms with van der Waals surface area (Å²) in [6, 6.07) is 0. The molecule has 0 radical (unpaired) electrons. The first-order valence-corrected chi connectivity index (χ1v) is 5.60. The molecule has 0 saturated heterocycles. The molecular weight excluding hydrogens is 180 g/mol. The first-order chi connectivity index (χ1) is 6.07. The second kappa shape index (κ2) is 4.09. The molecule has 1 atom stereocenters. The normalized spacial score (nSPS) is 13.2. The van der Waals surface area contributed by atoms with Gasteiger partial charge in [0.25, 0.3) is 0 Å². The van der Waals surface area contributed by atoms with E-state index in [0.29, 0.717) is 10.7 Å². The molecule has 0 amide bonds. The van der Waals surface area contributed by atoms with Gasteiger partial charge in [-0.3, -0.25) is 5.41 Å². The van der Waals surface area contributed by atoms with E-state index in [1.165, 1.54) is 23.4 Å². The van der Waals surface area contributed by atoms with Crippen molar-refractivity contribution >= 4 is 11.3 Å². The number of aromatic nitrogens is 1. The number of hydrogen-bond donors (Lipinski definition) is 1. The van der Waals surface area contributed by atoms with E-state index in [9.17, 15) is 0 Å². The molecule has 1 heterocycles. The lowest BCUT2D eigenvalue weighted by molar-refractivity contribution is 0.663. The molecule has 1 aromatic heterocycles. The van der Waals surface area contributed by atoms with Crippen molar-refractivity contribution in [2.75, 3.05) is 0 Å². The lowest BCUT2D eigenvalue weighted by atomic mass is 10.0. The van der Waals surface area contributed by atoms with Crippen LogP contribution >= 0.6 is 11.3 Å². The van der Waals surface area contributed by atoms with Crippen molar-refractivity contribution in [2.24, 2.45) is 7.05 Å². The summed E-state index contributed by atoms with van der Waals surface area (Å²) in [5, 5.41) is 7.69. The van der Waals surface area contributed by atoms with Crippen LogP contribution in [-0.2, 0) is 7.05 Å². The van der Waals surface area contributed by atoms with Gasteiger partial charge in [0.1, 0.15) is 0 Å².